The molecule has 30 heavy (non-hydrogen) atoms. The van der Waals surface area contributed by atoms with Crippen molar-refractivity contribution < 1.29 is 14.6 Å². The second kappa shape index (κ2) is 6.70. The monoisotopic (exact) mass is 416 g/mol. The predicted octanol–water partition coefficient (Wildman–Crippen LogP) is 5.79. The fourth-order valence-corrected chi connectivity index (χ4v) is 10.3. The Morgan fingerprint density at radius 1 is 0.833 bits per heavy atom. The summed E-state index contributed by atoms with van der Waals surface area (Å²) in [6.07, 6.45) is 12.9. The average molecular weight is 417 g/mol. The van der Waals surface area contributed by atoms with Crippen LogP contribution in [-0.4, -0.2) is 29.7 Å². The normalized spacial score (nSPS) is 62.5. The smallest absolute Gasteiger partial charge is 0.171 e. The molecule has 4 aliphatic carbocycles. The van der Waals surface area contributed by atoms with Gasteiger partial charge in [0, 0.05) is 12.3 Å². The lowest BCUT2D eigenvalue weighted by atomic mass is 9.44. The van der Waals surface area contributed by atoms with Crippen LogP contribution in [0.4, 0.5) is 0 Å². The molecule has 6 aliphatic rings. The van der Waals surface area contributed by atoms with Crippen molar-refractivity contribution in [3.8, 4) is 0 Å². The van der Waals surface area contributed by atoms with E-state index in [-0.39, 0.29) is 11.9 Å². The second-order valence-electron chi connectivity index (χ2n) is 13.1. The third-order valence-electron chi connectivity index (χ3n) is 11.9. The van der Waals surface area contributed by atoms with Gasteiger partial charge in [-0.05, 0) is 104 Å². The van der Waals surface area contributed by atoms with Gasteiger partial charge in [0.1, 0.15) is 0 Å². The third kappa shape index (κ3) is 2.61. The molecule has 4 saturated carbocycles. The third-order valence-corrected chi connectivity index (χ3v) is 11.9. The highest BCUT2D eigenvalue weighted by molar-refractivity contribution is 5.15. The molecular formula is C27H44O3. The molecule has 0 amide bonds. The van der Waals surface area contributed by atoms with E-state index in [9.17, 15) is 5.11 Å². The van der Waals surface area contributed by atoms with Crippen molar-refractivity contribution in [2.24, 2.45) is 52.3 Å². The highest BCUT2D eigenvalue weighted by Gasteiger charge is 2.69. The molecule has 1 spiro atoms. The molecule has 0 aromatic heterocycles. The Morgan fingerprint density at radius 3 is 2.40 bits per heavy atom. The molecular weight excluding hydrogens is 372 g/mol. The van der Waals surface area contributed by atoms with Gasteiger partial charge in [-0.2, -0.15) is 0 Å². The summed E-state index contributed by atoms with van der Waals surface area (Å²) in [6, 6.07) is 0. The lowest BCUT2D eigenvalue weighted by molar-refractivity contribution is -0.273. The maximum Gasteiger partial charge on any atom is 0.171 e. The van der Waals surface area contributed by atoms with Gasteiger partial charge in [0.25, 0.3) is 0 Å². The molecule has 12 atom stereocenters. The van der Waals surface area contributed by atoms with Crippen LogP contribution in [0.3, 0.4) is 0 Å². The van der Waals surface area contributed by atoms with Crippen LogP contribution < -0.4 is 0 Å². The Morgan fingerprint density at radius 2 is 1.63 bits per heavy atom. The van der Waals surface area contributed by atoms with Crippen molar-refractivity contribution in [2.75, 3.05) is 6.61 Å². The van der Waals surface area contributed by atoms with Gasteiger partial charge in [-0.1, -0.05) is 27.7 Å². The van der Waals surface area contributed by atoms with Crippen LogP contribution in [0.1, 0.15) is 91.9 Å². The first-order valence-electron chi connectivity index (χ1n) is 13.3. The quantitative estimate of drug-likeness (QED) is 0.543. The van der Waals surface area contributed by atoms with Crippen LogP contribution in [0.5, 0.6) is 0 Å². The number of fused-ring (bicyclic) bond motifs is 7. The van der Waals surface area contributed by atoms with Crippen LogP contribution in [0.25, 0.3) is 0 Å². The van der Waals surface area contributed by atoms with E-state index in [2.05, 4.69) is 27.7 Å². The molecule has 2 saturated heterocycles. The van der Waals surface area contributed by atoms with Gasteiger partial charge in [-0.25, -0.2) is 0 Å². The summed E-state index contributed by atoms with van der Waals surface area (Å²) in [5.41, 5.74) is 0.899. The number of hydrogen-bond acceptors (Lipinski definition) is 3. The van der Waals surface area contributed by atoms with Gasteiger partial charge in [0.05, 0.1) is 18.8 Å². The van der Waals surface area contributed by atoms with Crippen LogP contribution >= 0.6 is 0 Å². The molecule has 6 fully saturated rings. The number of aliphatic hydroxyl groups excluding tert-OH is 1. The maximum atomic E-state index is 10.3. The lowest BCUT2D eigenvalue weighted by Crippen LogP contribution is -2.55. The number of ether oxygens (including phenoxy) is 2. The van der Waals surface area contributed by atoms with Gasteiger partial charge >= 0.3 is 0 Å². The van der Waals surface area contributed by atoms with Gasteiger partial charge in [-0.3, -0.25) is 0 Å². The van der Waals surface area contributed by atoms with E-state index in [0.29, 0.717) is 34.7 Å². The van der Waals surface area contributed by atoms with Gasteiger partial charge in [0.15, 0.2) is 5.79 Å². The molecule has 0 radical (unpaired) electrons. The molecule has 2 heterocycles. The molecule has 1 N–H and O–H groups in total. The number of aliphatic hydroxyl groups is 1. The van der Waals surface area contributed by atoms with Crippen LogP contribution in [0.15, 0.2) is 0 Å². The zero-order valence-corrected chi connectivity index (χ0v) is 19.7. The summed E-state index contributed by atoms with van der Waals surface area (Å²) in [5.74, 6) is 4.93. The second-order valence-corrected chi connectivity index (χ2v) is 13.1. The zero-order chi connectivity index (χ0) is 20.9. The Bertz CT molecular complexity index is 684. The Hall–Kier alpha value is -0.120. The van der Waals surface area contributed by atoms with Gasteiger partial charge < -0.3 is 14.6 Å². The summed E-state index contributed by atoms with van der Waals surface area (Å²) in [6.45, 7) is 10.9. The van der Waals surface area contributed by atoms with E-state index in [0.717, 1.165) is 49.5 Å². The Kier molecular flexibility index (Phi) is 4.58. The predicted molar refractivity (Wildman–Crippen MR) is 118 cm³/mol. The zero-order valence-electron chi connectivity index (χ0n) is 19.7. The summed E-state index contributed by atoms with van der Waals surface area (Å²) < 4.78 is 13.4. The molecule has 3 heteroatoms. The molecule has 0 aromatic rings. The molecule has 170 valence electrons. The summed E-state index contributed by atoms with van der Waals surface area (Å²) in [5, 5.41) is 10.3. The average Bonchev–Trinajstić information content (AvgIpc) is 3.16. The fraction of sp³-hybridized carbons (Fsp3) is 1.00. The van der Waals surface area contributed by atoms with E-state index in [4.69, 9.17) is 9.47 Å². The Labute approximate surface area is 183 Å². The van der Waals surface area contributed by atoms with Crippen molar-refractivity contribution in [3.63, 3.8) is 0 Å². The maximum absolute atomic E-state index is 10.3. The van der Waals surface area contributed by atoms with Crippen molar-refractivity contribution in [3.05, 3.63) is 0 Å². The van der Waals surface area contributed by atoms with Crippen LogP contribution in [0.2, 0.25) is 0 Å². The minimum Gasteiger partial charge on any atom is -0.393 e. The molecule has 0 bridgehead atoms. The van der Waals surface area contributed by atoms with E-state index >= 15 is 0 Å². The molecule has 3 nitrogen and oxygen atoms in total. The molecule has 0 aromatic carbocycles. The first-order valence-corrected chi connectivity index (χ1v) is 13.3. The fourth-order valence-electron chi connectivity index (χ4n) is 10.3. The number of rotatable bonds is 0. The van der Waals surface area contributed by atoms with E-state index in [1.54, 1.807) is 0 Å². The minimum absolute atomic E-state index is 0.0389. The largest absolute Gasteiger partial charge is 0.393 e. The molecule has 6 rings (SSSR count). The van der Waals surface area contributed by atoms with Gasteiger partial charge in [-0.15, -0.1) is 0 Å². The first kappa shape index (κ1) is 20.5. The highest BCUT2D eigenvalue weighted by atomic mass is 16.7. The first-order chi connectivity index (χ1) is 14.3. The minimum atomic E-state index is -0.282. The highest BCUT2D eigenvalue weighted by Crippen LogP contribution is 2.71. The SMILES string of the molecule is C[C@H]1CC[C@@]2(OC1)O[C@@H]1C[C@@H]3[C@@H]4CC[C@@H]5C[C@H](O)CC[C@]5(C)[C@H]4CC[C@]3(C)[C@H]1[C@@H]2C. The van der Waals surface area contributed by atoms with Crippen molar-refractivity contribution >= 4 is 0 Å². The van der Waals surface area contributed by atoms with E-state index in [1.165, 1.54) is 44.9 Å². The summed E-state index contributed by atoms with van der Waals surface area (Å²) in [7, 11) is 0. The Balaban J connectivity index is 1.26. The van der Waals surface area contributed by atoms with Crippen molar-refractivity contribution in [1.82, 2.24) is 0 Å². The van der Waals surface area contributed by atoms with Crippen LogP contribution in [0, 0.1) is 52.3 Å². The topological polar surface area (TPSA) is 38.7 Å². The molecule has 2 aliphatic heterocycles. The molecule has 0 unspecified atom stereocenters. The van der Waals surface area contributed by atoms with E-state index < -0.39 is 0 Å². The van der Waals surface area contributed by atoms with Crippen molar-refractivity contribution in [1.29, 1.82) is 0 Å². The van der Waals surface area contributed by atoms with Gasteiger partial charge in [0.2, 0.25) is 0 Å². The lowest BCUT2D eigenvalue weighted by Gasteiger charge is -2.61. The summed E-state index contributed by atoms with van der Waals surface area (Å²) in [4.78, 5) is 0. The van der Waals surface area contributed by atoms with Crippen LogP contribution in [-0.2, 0) is 9.47 Å². The van der Waals surface area contributed by atoms with E-state index in [1.807, 2.05) is 0 Å². The summed E-state index contributed by atoms with van der Waals surface area (Å²) >= 11 is 0. The van der Waals surface area contributed by atoms with Crippen molar-refractivity contribution in [2.45, 2.75) is 110 Å². The standard InChI is InChI=1S/C27H44O3/c1-16-7-12-27(29-15-16)17(2)24-23(30-27)14-22-20-6-5-18-13-19(28)8-10-25(18,3)21(20)9-11-26(22,24)4/h16-24,28H,5-15H2,1-4H3/t16-,17-,18+,19+,20+,21-,22+,23+,24-,25-,26-,27+/m0/s1. The number of hydrogen-bond donors (Lipinski definition) is 1.